The molecule has 0 saturated carbocycles. The summed E-state index contributed by atoms with van der Waals surface area (Å²) in [7, 11) is 0. The van der Waals surface area contributed by atoms with Crippen LogP contribution in [0, 0.1) is 0 Å². The van der Waals surface area contributed by atoms with Crippen molar-refractivity contribution in [3.63, 3.8) is 0 Å². The number of thioether (sulfide) groups is 1. The Labute approximate surface area is 231 Å². The van der Waals surface area contributed by atoms with Crippen LogP contribution in [-0.2, 0) is 36.8 Å². The summed E-state index contributed by atoms with van der Waals surface area (Å²) >= 11 is 1.45. The number of carbonyl (C=O) groups excluding carboxylic acids is 4. The van der Waals surface area contributed by atoms with Crippen molar-refractivity contribution in [2.45, 2.75) is 49.9 Å². The van der Waals surface area contributed by atoms with E-state index in [0.29, 0.717) is 11.3 Å². The van der Waals surface area contributed by atoms with Crippen LogP contribution in [0.1, 0.15) is 24.0 Å². The van der Waals surface area contributed by atoms with E-state index in [-0.39, 0.29) is 19.3 Å². The number of aliphatic carboxylic acids is 1. The second kappa shape index (κ2) is 16.1. The Morgan fingerprint density at radius 1 is 0.769 bits per heavy atom. The smallest absolute Gasteiger partial charge is 0.326 e. The van der Waals surface area contributed by atoms with Gasteiger partial charge in [0.15, 0.2) is 0 Å². The minimum absolute atomic E-state index is 0.00907. The number of benzene rings is 2. The molecular weight excluding hydrogens is 522 g/mol. The molecule has 0 bridgehead atoms. The van der Waals surface area contributed by atoms with Crippen LogP contribution in [0.5, 0.6) is 0 Å². The predicted octanol–water partition coefficient (Wildman–Crippen LogP) is -0.0334. The van der Waals surface area contributed by atoms with Crippen molar-refractivity contribution in [3.8, 4) is 0 Å². The summed E-state index contributed by atoms with van der Waals surface area (Å²) in [4.78, 5) is 62.4. The van der Waals surface area contributed by atoms with Crippen LogP contribution in [0.15, 0.2) is 60.7 Å². The number of carboxylic acid groups (broad SMARTS) is 1. The van der Waals surface area contributed by atoms with Crippen LogP contribution in [0.2, 0.25) is 0 Å². The molecule has 0 saturated heterocycles. The topological polar surface area (TPSA) is 194 Å². The summed E-state index contributed by atoms with van der Waals surface area (Å²) in [6.07, 6.45) is 1.75. The van der Waals surface area contributed by atoms with E-state index < -0.39 is 60.2 Å². The van der Waals surface area contributed by atoms with Crippen molar-refractivity contribution >= 4 is 41.4 Å². The maximum atomic E-state index is 13.1. The zero-order chi connectivity index (χ0) is 28.8. The zero-order valence-corrected chi connectivity index (χ0v) is 22.5. The van der Waals surface area contributed by atoms with E-state index in [9.17, 15) is 29.1 Å². The molecule has 210 valence electrons. The van der Waals surface area contributed by atoms with Crippen LogP contribution in [0.4, 0.5) is 0 Å². The maximum Gasteiger partial charge on any atom is 0.326 e. The summed E-state index contributed by atoms with van der Waals surface area (Å²) in [6.45, 7) is 0. The molecule has 39 heavy (non-hydrogen) atoms. The number of rotatable bonds is 16. The molecule has 0 aliphatic heterocycles. The fourth-order valence-electron chi connectivity index (χ4n) is 3.75. The molecule has 4 unspecified atom stereocenters. The third-order valence-corrected chi connectivity index (χ3v) is 6.46. The fraction of sp³-hybridized carbons (Fsp3) is 0.370. The molecule has 11 nitrogen and oxygen atoms in total. The standard InChI is InChI=1S/C27H35N5O6S/c1-39-13-12-20(30-24(34)19(28)14-17-8-4-2-5-9-17)25(35)31-21(16-23(29)33)26(36)32-22(27(37)38)15-18-10-6-3-7-11-18/h2-11,19-22H,12-16,28H2,1H3,(H2,29,33)(H,30,34)(H,31,35)(H,32,36)(H,37,38). The second-order valence-electron chi connectivity index (χ2n) is 8.96. The highest BCUT2D eigenvalue weighted by molar-refractivity contribution is 7.98. The lowest BCUT2D eigenvalue weighted by molar-refractivity contribution is -0.142. The van der Waals surface area contributed by atoms with Crippen LogP contribution >= 0.6 is 11.8 Å². The molecule has 2 aromatic rings. The van der Waals surface area contributed by atoms with Gasteiger partial charge in [0.25, 0.3) is 0 Å². The van der Waals surface area contributed by atoms with Gasteiger partial charge in [0.2, 0.25) is 23.6 Å². The summed E-state index contributed by atoms with van der Waals surface area (Å²) in [5, 5.41) is 17.1. The number of primary amides is 1. The Bertz CT molecular complexity index is 1120. The van der Waals surface area contributed by atoms with Gasteiger partial charge in [-0.25, -0.2) is 4.79 Å². The Balaban J connectivity index is 2.11. The monoisotopic (exact) mass is 557 g/mol. The minimum Gasteiger partial charge on any atom is -0.480 e. The van der Waals surface area contributed by atoms with Crippen molar-refractivity contribution in [2.75, 3.05) is 12.0 Å². The molecule has 0 aliphatic rings. The van der Waals surface area contributed by atoms with Gasteiger partial charge in [0.1, 0.15) is 18.1 Å². The third kappa shape index (κ3) is 11.2. The molecule has 0 fully saturated rings. The molecule has 0 heterocycles. The van der Waals surface area contributed by atoms with Gasteiger partial charge in [-0.2, -0.15) is 11.8 Å². The van der Waals surface area contributed by atoms with E-state index in [0.717, 1.165) is 5.56 Å². The van der Waals surface area contributed by atoms with Crippen LogP contribution in [0.25, 0.3) is 0 Å². The van der Waals surface area contributed by atoms with Gasteiger partial charge in [-0.05, 0) is 36.0 Å². The predicted molar refractivity (Wildman–Crippen MR) is 149 cm³/mol. The normalized spacial score (nSPS) is 13.8. The number of carboxylic acids is 1. The average molecular weight is 558 g/mol. The Kier molecular flexibility index (Phi) is 13.0. The molecule has 12 heteroatoms. The van der Waals surface area contributed by atoms with Gasteiger partial charge in [-0.1, -0.05) is 60.7 Å². The maximum absolute atomic E-state index is 13.1. The second-order valence-corrected chi connectivity index (χ2v) is 9.95. The third-order valence-electron chi connectivity index (χ3n) is 5.81. The van der Waals surface area contributed by atoms with E-state index in [2.05, 4.69) is 16.0 Å². The molecule has 8 N–H and O–H groups in total. The molecule has 0 radical (unpaired) electrons. The number of nitrogens with two attached hydrogens (primary N) is 2. The number of hydrogen-bond donors (Lipinski definition) is 6. The van der Waals surface area contributed by atoms with Crippen molar-refractivity contribution in [3.05, 3.63) is 71.8 Å². The number of carbonyl (C=O) groups is 5. The first kappa shape index (κ1) is 31.3. The number of nitrogens with one attached hydrogen (secondary N) is 3. The van der Waals surface area contributed by atoms with Gasteiger partial charge < -0.3 is 32.5 Å². The summed E-state index contributed by atoms with van der Waals surface area (Å²) in [5.74, 6) is -3.81. The zero-order valence-electron chi connectivity index (χ0n) is 21.7. The van der Waals surface area contributed by atoms with Gasteiger partial charge in [-0.3, -0.25) is 19.2 Å². The minimum atomic E-state index is -1.45. The van der Waals surface area contributed by atoms with Crippen molar-refractivity contribution < 1.29 is 29.1 Å². The molecular formula is C27H35N5O6S. The first-order valence-corrected chi connectivity index (χ1v) is 13.7. The lowest BCUT2D eigenvalue weighted by Gasteiger charge is -2.25. The molecule has 0 spiro atoms. The quantitative estimate of drug-likeness (QED) is 0.165. The lowest BCUT2D eigenvalue weighted by Crippen LogP contribution is -2.58. The van der Waals surface area contributed by atoms with Gasteiger partial charge in [0.05, 0.1) is 12.5 Å². The van der Waals surface area contributed by atoms with E-state index >= 15 is 0 Å². The summed E-state index contributed by atoms with van der Waals surface area (Å²) in [5.41, 5.74) is 12.9. The first-order valence-electron chi connectivity index (χ1n) is 12.3. The Morgan fingerprint density at radius 3 is 1.77 bits per heavy atom. The average Bonchev–Trinajstić information content (AvgIpc) is 2.90. The highest BCUT2D eigenvalue weighted by Gasteiger charge is 2.31. The first-order chi connectivity index (χ1) is 18.6. The van der Waals surface area contributed by atoms with Crippen molar-refractivity contribution in [2.24, 2.45) is 11.5 Å². The Morgan fingerprint density at radius 2 is 1.26 bits per heavy atom. The molecule has 2 aromatic carbocycles. The molecule has 4 amide bonds. The number of amides is 4. The van der Waals surface area contributed by atoms with Crippen LogP contribution in [-0.4, -0.2) is 70.9 Å². The van der Waals surface area contributed by atoms with E-state index in [1.54, 1.807) is 30.3 Å². The van der Waals surface area contributed by atoms with Crippen molar-refractivity contribution in [1.82, 2.24) is 16.0 Å². The van der Waals surface area contributed by atoms with Crippen molar-refractivity contribution in [1.29, 1.82) is 0 Å². The summed E-state index contributed by atoms with van der Waals surface area (Å²) in [6, 6.07) is 13.1. The van der Waals surface area contributed by atoms with E-state index in [1.807, 2.05) is 36.6 Å². The van der Waals surface area contributed by atoms with Crippen LogP contribution < -0.4 is 27.4 Å². The Hall–Kier alpha value is -3.90. The number of hydrogen-bond acceptors (Lipinski definition) is 7. The fourth-order valence-corrected chi connectivity index (χ4v) is 4.22. The SMILES string of the molecule is CSCCC(NC(=O)C(N)Cc1ccccc1)C(=O)NC(CC(N)=O)C(=O)NC(Cc1ccccc1)C(=O)O. The molecule has 0 aliphatic carbocycles. The van der Waals surface area contributed by atoms with Gasteiger partial charge >= 0.3 is 5.97 Å². The van der Waals surface area contributed by atoms with E-state index in [4.69, 9.17) is 11.5 Å². The van der Waals surface area contributed by atoms with Gasteiger partial charge in [-0.15, -0.1) is 0 Å². The molecule has 2 rings (SSSR count). The highest BCUT2D eigenvalue weighted by Crippen LogP contribution is 2.07. The lowest BCUT2D eigenvalue weighted by atomic mass is 10.0. The molecule has 4 atom stereocenters. The highest BCUT2D eigenvalue weighted by atomic mass is 32.2. The van der Waals surface area contributed by atoms with E-state index in [1.165, 1.54) is 11.8 Å². The largest absolute Gasteiger partial charge is 0.480 e. The van der Waals surface area contributed by atoms with Crippen LogP contribution in [0.3, 0.4) is 0 Å². The van der Waals surface area contributed by atoms with Gasteiger partial charge in [0, 0.05) is 6.42 Å². The summed E-state index contributed by atoms with van der Waals surface area (Å²) < 4.78 is 0. The molecule has 0 aromatic heterocycles.